The molecule has 0 saturated carbocycles. The standard InChI is InChI=1S/C34H44N6O6S2/c1-5-39(6-2)19-11-17-35-47(43,44)29-15-16-30(48(45,46)36-18-12-20-40(7-3)8-4)32-31(29)34(42)25-22-27-24(21-28(25)38-32)33(41)23-13-9-10-14-26(23)37-27/h9-10,13-16,21-22,35-36H,5-8,11-12,17-20H2,1-4H3,(H,37,41)(H,38,42). The van der Waals surface area contributed by atoms with E-state index < -0.39 is 25.5 Å². The number of benzene rings is 3. The molecule has 0 aliphatic carbocycles. The lowest BCUT2D eigenvalue weighted by Gasteiger charge is -2.18. The van der Waals surface area contributed by atoms with Crippen LogP contribution in [0.4, 0.5) is 0 Å². The lowest BCUT2D eigenvalue weighted by molar-refractivity contribution is 0.300. The van der Waals surface area contributed by atoms with E-state index in [1.807, 2.05) is 27.7 Å². The first-order chi connectivity index (χ1) is 22.9. The maximum Gasteiger partial charge on any atom is 0.242 e. The van der Waals surface area contributed by atoms with Gasteiger partial charge in [-0.3, -0.25) is 9.59 Å². The molecule has 258 valence electrons. The molecule has 0 aliphatic heterocycles. The van der Waals surface area contributed by atoms with Gasteiger partial charge in [0.1, 0.15) is 4.90 Å². The van der Waals surface area contributed by atoms with Crippen molar-refractivity contribution in [3.05, 3.63) is 69.0 Å². The zero-order chi connectivity index (χ0) is 34.6. The molecule has 12 nitrogen and oxygen atoms in total. The van der Waals surface area contributed by atoms with Gasteiger partial charge in [-0.1, -0.05) is 39.8 Å². The van der Waals surface area contributed by atoms with Crippen molar-refractivity contribution in [3.63, 3.8) is 0 Å². The molecule has 2 aromatic heterocycles. The van der Waals surface area contributed by atoms with Crippen LogP contribution in [-0.2, 0) is 20.0 Å². The molecule has 0 bridgehead atoms. The summed E-state index contributed by atoms with van der Waals surface area (Å²) in [5.41, 5.74) is 0.122. The van der Waals surface area contributed by atoms with E-state index in [1.54, 1.807) is 24.3 Å². The van der Waals surface area contributed by atoms with E-state index in [9.17, 15) is 26.4 Å². The highest BCUT2D eigenvalue weighted by Gasteiger charge is 2.27. The Bertz CT molecular complexity index is 2290. The van der Waals surface area contributed by atoms with Gasteiger partial charge in [0.15, 0.2) is 10.9 Å². The smallest absolute Gasteiger partial charge is 0.242 e. The van der Waals surface area contributed by atoms with Crippen LogP contribution in [-0.4, -0.2) is 89.0 Å². The first kappa shape index (κ1) is 35.6. The third kappa shape index (κ3) is 7.19. The predicted octanol–water partition coefficient (Wildman–Crippen LogP) is 3.70. The molecule has 0 amide bonds. The lowest BCUT2D eigenvalue weighted by atomic mass is 10.1. The molecule has 0 atom stereocenters. The van der Waals surface area contributed by atoms with Crippen LogP contribution in [0.25, 0.3) is 43.6 Å². The second-order valence-corrected chi connectivity index (χ2v) is 15.2. The molecule has 0 radical (unpaired) electrons. The van der Waals surface area contributed by atoms with E-state index in [4.69, 9.17) is 0 Å². The summed E-state index contributed by atoms with van der Waals surface area (Å²) in [5, 5.41) is 0.604. The molecule has 0 unspecified atom stereocenters. The van der Waals surface area contributed by atoms with Crippen molar-refractivity contribution < 1.29 is 16.8 Å². The van der Waals surface area contributed by atoms with Crippen LogP contribution in [0.3, 0.4) is 0 Å². The third-order valence-corrected chi connectivity index (χ3v) is 12.0. The highest BCUT2D eigenvalue weighted by molar-refractivity contribution is 7.90. The second kappa shape index (κ2) is 14.8. The minimum atomic E-state index is -4.23. The van der Waals surface area contributed by atoms with Crippen molar-refractivity contribution in [3.8, 4) is 0 Å². The molecule has 0 fully saturated rings. The summed E-state index contributed by atoms with van der Waals surface area (Å²) >= 11 is 0. The number of nitrogens with one attached hydrogen (secondary N) is 4. The van der Waals surface area contributed by atoms with Gasteiger partial charge in [-0.25, -0.2) is 26.3 Å². The summed E-state index contributed by atoms with van der Waals surface area (Å²) in [6.45, 7) is 13.2. The molecule has 14 heteroatoms. The van der Waals surface area contributed by atoms with E-state index in [1.165, 1.54) is 24.3 Å². The number of hydrogen-bond acceptors (Lipinski definition) is 8. The fraction of sp³-hybridized carbons (Fsp3) is 0.412. The predicted molar refractivity (Wildman–Crippen MR) is 193 cm³/mol. The van der Waals surface area contributed by atoms with E-state index in [2.05, 4.69) is 29.2 Å². The number of H-pyrrole nitrogens is 2. The van der Waals surface area contributed by atoms with Gasteiger partial charge in [-0.15, -0.1) is 0 Å². The molecule has 5 rings (SSSR count). The second-order valence-electron chi connectivity index (χ2n) is 11.8. The number of para-hydroxylation sites is 1. The Balaban J connectivity index is 1.66. The largest absolute Gasteiger partial charge is 0.354 e. The van der Waals surface area contributed by atoms with Crippen LogP contribution in [0.2, 0.25) is 0 Å². The van der Waals surface area contributed by atoms with Crippen LogP contribution in [0.15, 0.2) is 67.9 Å². The van der Waals surface area contributed by atoms with E-state index in [0.717, 1.165) is 26.2 Å². The molecule has 4 N–H and O–H groups in total. The molecular formula is C34H44N6O6S2. The van der Waals surface area contributed by atoms with Crippen LogP contribution in [0, 0.1) is 0 Å². The number of nitrogens with zero attached hydrogens (tertiary/aromatic N) is 2. The molecule has 3 aromatic carbocycles. The Labute approximate surface area is 280 Å². The Morgan fingerprint density at radius 2 is 1.10 bits per heavy atom. The molecule has 0 saturated heterocycles. The molecule has 48 heavy (non-hydrogen) atoms. The average molecular weight is 697 g/mol. The van der Waals surface area contributed by atoms with Gasteiger partial charge in [-0.05, 0) is 88.5 Å². The van der Waals surface area contributed by atoms with Crippen LogP contribution < -0.4 is 20.3 Å². The fourth-order valence-electron chi connectivity index (χ4n) is 6.15. The maximum absolute atomic E-state index is 14.3. The Morgan fingerprint density at radius 3 is 1.69 bits per heavy atom. The van der Waals surface area contributed by atoms with E-state index >= 15 is 0 Å². The van der Waals surface area contributed by atoms with E-state index in [-0.39, 0.29) is 50.1 Å². The molecule has 5 aromatic rings. The zero-order valence-electron chi connectivity index (χ0n) is 27.9. The number of pyridine rings is 2. The maximum atomic E-state index is 14.3. The minimum absolute atomic E-state index is 0.112. The summed E-state index contributed by atoms with van der Waals surface area (Å²) < 4.78 is 60.1. The quantitative estimate of drug-likeness (QED) is 0.0897. The van der Waals surface area contributed by atoms with Gasteiger partial charge in [0.2, 0.25) is 20.0 Å². The number of fused-ring (bicyclic) bond motifs is 4. The van der Waals surface area contributed by atoms with Gasteiger partial charge in [0.05, 0.1) is 26.8 Å². The zero-order valence-corrected chi connectivity index (χ0v) is 29.5. The summed E-state index contributed by atoms with van der Waals surface area (Å²) in [4.78, 5) is 37.7. The van der Waals surface area contributed by atoms with E-state index in [0.29, 0.717) is 47.7 Å². The summed E-state index contributed by atoms with van der Waals surface area (Å²) in [7, 11) is -8.42. The number of aromatic amines is 2. The summed E-state index contributed by atoms with van der Waals surface area (Å²) in [5.74, 6) is 0. The normalized spacial score (nSPS) is 12.8. The molecular weight excluding hydrogens is 653 g/mol. The van der Waals surface area contributed by atoms with Crippen molar-refractivity contribution in [1.29, 1.82) is 0 Å². The molecule has 0 aliphatic rings. The van der Waals surface area contributed by atoms with Gasteiger partial charge in [-0.2, -0.15) is 0 Å². The molecule has 2 heterocycles. The number of sulfonamides is 2. The van der Waals surface area contributed by atoms with Crippen molar-refractivity contribution in [2.75, 3.05) is 52.4 Å². The van der Waals surface area contributed by atoms with Crippen LogP contribution in [0.5, 0.6) is 0 Å². The van der Waals surface area contributed by atoms with Gasteiger partial charge in [0, 0.05) is 34.8 Å². The Kier molecular flexibility index (Phi) is 11.0. The number of hydrogen-bond donors (Lipinski definition) is 4. The fourth-order valence-corrected chi connectivity index (χ4v) is 8.66. The van der Waals surface area contributed by atoms with Gasteiger partial charge >= 0.3 is 0 Å². The minimum Gasteiger partial charge on any atom is -0.354 e. The summed E-state index contributed by atoms with van der Waals surface area (Å²) in [6.07, 6.45) is 1.11. The third-order valence-electron chi connectivity index (χ3n) is 8.96. The van der Waals surface area contributed by atoms with Gasteiger partial charge in [0.25, 0.3) is 0 Å². The highest BCUT2D eigenvalue weighted by Crippen LogP contribution is 2.29. The first-order valence-corrected chi connectivity index (χ1v) is 19.4. The van der Waals surface area contributed by atoms with Crippen molar-refractivity contribution in [1.82, 2.24) is 29.2 Å². The van der Waals surface area contributed by atoms with Gasteiger partial charge < -0.3 is 19.8 Å². The van der Waals surface area contributed by atoms with Crippen molar-refractivity contribution >= 4 is 63.7 Å². The monoisotopic (exact) mass is 696 g/mol. The first-order valence-electron chi connectivity index (χ1n) is 16.5. The molecule has 0 spiro atoms. The van der Waals surface area contributed by atoms with Crippen LogP contribution >= 0.6 is 0 Å². The Morgan fingerprint density at radius 1 is 0.604 bits per heavy atom. The topological polar surface area (TPSA) is 165 Å². The lowest BCUT2D eigenvalue weighted by Crippen LogP contribution is -2.31. The number of rotatable bonds is 16. The van der Waals surface area contributed by atoms with Crippen molar-refractivity contribution in [2.24, 2.45) is 0 Å². The number of aromatic nitrogens is 2. The summed E-state index contributed by atoms with van der Waals surface area (Å²) in [6, 6.07) is 12.4. The Hall–Kier alpha value is -3.66. The SMILES string of the molecule is CCN(CC)CCCNS(=O)(=O)c1ccc(S(=O)(=O)NCCCN(CC)CC)c2c(=O)c3cc4[nH]c5ccccc5c(=O)c4cc3[nH]c12. The average Bonchev–Trinajstić information content (AvgIpc) is 3.07. The highest BCUT2D eigenvalue weighted by atomic mass is 32.2. The van der Waals surface area contributed by atoms with Crippen LogP contribution in [0.1, 0.15) is 40.5 Å². The van der Waals surface area contributed by atoms with Crippen molar-refractivity contribution in [2.45, 2.75) is 50.3 Å².